The van der Waals surface area contributed by atoms with E-state index in [0.717, 1.165) is 12.1 Å². The molecule has 0 radical (unpaired) electrons. The Hall–Kier alpha value is -1.34. The van der Waals surface area contributed by atoms with Crippen molar-refractivity contribution in [3.63, 3.8) is 0 Å². The van der Waals surface area contributed by atoms with Crippen molar-refractivity contribution in [2.75, 3.05) is 33.2 Å². The lowest BCUT2D eigenvalue weighted by Gasteiger charge is -2.36. The molecule has 1 aliphatic rings. The van der Waals surface area contributed by atoms with Crippen molar-refractivity contribution in [3.8, 4) is 11.8 Å². The molecule has 0 bridgehead atoms. The normalized spacial score (nSPS) is 16.8. The zero-order valence-electron chi connectivity index (χ0n) is 13.3. The molecule has 114 valence electrons. The predicted molar refractivity (Wildman–Crippen MR) is 89.0 cm³/mol. The number of hydrogen-bond donors (Lipinski definition) is 1. The third kappa shape index (κ3) is 4.57. The molecule has 1 aromatic carbocycles. The molecular formula is C18H27N3. The summed E-state index contributed by atoms with van der Waals surface area (Å²) in [6.45, 7) is 7.25. The lowest BCUT2D eigenvalue weighted by Crippen LogP contribution is -2.42. The van der Waals surface area contributed by atoms with E-state index in [4.69, 9.17) is 5.73 Å². The van der Waals surface area contributed by atoms with E-state index in [1.165, 1.54) is 38.0 Å². The summed E-state index contributed by atoms with van der Waals surface area (Å²) in [5.74, 6) is 6.15. The first-order valence-electron chi connectivity index (χ1n) is 7.94. The zero-order chi connectivity index (χ0) is 15.1. The first kappa shape index (κ1) is 16.0. The van der Waals surface area contributed by atoms with E-state index in [1.807, 2.05) is 6.07 Å². The van der Waals surface area contributed by atoms with E-state index >= 15 is 0 Å². The van der Waals surface area contributed by atoms with Crippen molar-refractivity contribution in [2.45, 2.75) is 32.4 Å². The van der Waals surface area contributed by atoms with Crippen LogP contribution in [-0.2, 0) is 6.54 Å². The fourth-order valence-corrected chi connectivity index (χ4v) is 3.00. The zero-order valence-corrected chi connectivity index (χ0v) is 13.3. The Balaban J connectivity index is 1.98. The van der Waals surface area contributed by atoms with Gasteiger partial charge in [0.2, 0.25) is 0 Å². The number of nitrogens with zero attached hydrogens (tertiary/aromatic N) is 2. The fourth-order valence-electron chi connectivity index (χ4n) is 3.00. The van der Waals surface area contributed by atoms with Gasteiger partial charge in [0.05, 0.1) is 6.54 Å². The van der Waals surface area contributed by atoms with Crippen LogP contribution in [0.1, 0.15) is 30.9 Å². The first-order valence-corrected chi connectivity index (χ1v) is 7.94. The number of rotatable bonds is 4. The van der Waals surface area contributed by atoms with Crippen LogP contribution in [0.25, 0.3) is 0 Å². The molecule has 0 unspecified atom stereocenters. The van der Waals surface area contributed by atoms with E-state index in [0.29, 0.717) is 12.6 Å². The van der Waals surface area contributed by atoms with Gasteiger partial charge in [-0.1, -0.05) is 37.0 Å². The Bertz CT molecular complexity index is 493. The van der Waals surface area contributed by atoms with Gasteiger partial charge in [-0.3, -0.25) is 4.90 Å². The van der Waals surface area contributed by atoms with E-state index in [2.05, 4.69) is 53.8 Å². The van der Waals surface area contributed by atoms with Gasteiger partial charge in [-0.25, -0.2) is 0 Å². The first-order chi connectivity index (χ1) is 10.2. The van der Waals surface area contributed by atoms with Crippen molar-refractivity contribution >= 4 is 0 Å². The van der Waals surface area contributed by atoms with Gasteiger partial charge in [0.15, 0.2) is 0 Å². The van der Waals surface area contributed by atoms with Gasteiger partial charge < -0.3 is 10.6 Å². The smallest absolute Gasteiger partial charge is 0.0555 e. The molecular weight excluding hydrogens is 258 g/mol. The molecule has 0 aromatic heterocycles. The molecule has 1 heterocycles. The van der Waals surface area contributed by atoms with E-state index < -0.39 is 0 Å². The van der Waals surface area contributed by atoms with Crippen LogP contribution in [0.3, 0.4) is 0 Å². The summed E-state index contributed by atoms with van der Waals surface area (Å²) in [5.41, 5.74) is 7.90. The Morgan fingerprint density at radius 1 is 1.29 bits per heavy atom. The third-order valence-electron chi connectivity index (χ3n) is 4.39. The number of likely N-dealkylation sites (tertiary alicyclic amines) is 1. The topological polar surface area (TPSA) is 32.5 Å². The third-order valence-corrected chi connectivity index (χ3v) is 4.39. The van der Waals surface area contributed by atoms with E-state index in [9.17, 15) is 0 Å². The largest absolute Gasteiger partial charge is 0.320 e. The highest BCUT2D eigenvalue weighted by molar-refractivity contribution is 5.41. The monoisotopic (exact) mass is 285 g/mol. The standard InChI is InChI=1S/C18H27N3/c1-3-21-13-10-18(11-14-21)20(2)15-17-8-5-4-7-16(17)9-6-12-19/h4-5,7-8,18H,3,10-15,19H2,1-2H3. The highest BCUT2D eigenvalue weighted by Gasteiger charge is 2.21. The van der Waals surface area contributed by atoms with E-state index in [-0.39, 0.29) is 0 Å². The molecule has 0 amide bonds. The van der Waals surface area contributed by atoms with Gasteiger partial charge in [0.1, 0.15) is 0 Å². The molecule has 1 aliphatic heterocycles. The lowest BCUT2D eigenvalue weighted by atomic mass is 10.0. The van der Waals surface area contributed by atoms with Crippen LogP contribution in [0.4, 0.5) is 0 Å². The minimum atomic E-state index is 0.416. The fraction of sp³-hybridized carbons (Fsp3) is 0.556. The van der Waals surface area contributed by atoms with Gasteiger partial charge in [-0.05, 0) is 51.2 Å². The molecule has 0 spiro atoms. The van der Waals surface area contributed by atoms with Crippen LogP contribution in [0, 0.1) is 11.8 Å². The molecule has 3 nitrogen and oxygen atoms in total. The summed E-state index contributed by atoms with van der Waals surface area (Å²) < 4.78 is 0. The van der Waals surface area contributed by atoms with Crippen LogP contribution in [0.2, 0.25) is 0 Å². The van der Waals surface area contributed by atoms with Gasteiger partial charge in [-0.15, -0.1) is 0 Å². The molecule has 1 aromatic rings. The molecule has 2 N–H and O–H groups in total. The maximum absolute atomic E-state index is 5.48. The van der Waals surface area contributed by atoms with Gasteiger partial charge >= 0.3 is 0 Å². The molecule has 3 heteroatoms. The number of piperidine rings is 1. The Morgan fingerprint density at radius 3 is 2.67 bits per heavy atom. The average molecular weight is 285 g/mol. The van der Waals surface area contributed by atoms with Crippen molar-refractivity contribution in [1.29, 1.82) is 0 Å². The minimum Gasteiger partial charge on any atom is -0.320 e. The second-order valence-corrected chi connectivity index (χ2v) is 5.74. The van der Waals surface area contributed by atoms with Crippen LogP contribution in [-0.4, -0.2) is 49.1 Å². The number of nitrogens with two attached hydrogens (primary N) is 1. The molecule has 2 rings (SSSR count). The number of benzene rings is 1. The molecule has 1 saturated heterocycles. The molecule has 0 aliphatic carbocycles. The molecule has 21 heavy (non-hydrogen) atoms. The summed E-state index contributed by atoms with van der Waals surface area (Å²) in [5, 5.41) is 0. The maximum Gasteiger partial charge on any atom is 0.0555 e. The number of hydrogen-bond acceptors (Lipinski definition) is 3. The van der Waals surface area contributed by atoms with Crippen LogP contribution >= 0.6 is 0 Å². The van der Waals surface area contributed by atoms with Crippen LogP contribution in [0.5, 0.6) is 0 Å². The van der Waals surface area contributed by atoms with Crippen molar-refractivity contribution in [1.82, 2.24) is 9.80 Å². The Morgan fingerprint density at radius 2 is 2.00 bits per heavy atom. The van der Waals surface area contributed by atoms with Crippen LogP contribution in [0.15, 0.2) is 24.3 Å². The van der Waals surface area contributed by atoms with E-state index in [1.54, 1.807) is 0 Å². The summed E-state index contributed by atoms with van der Waals surface area (Å²) in [4.78, 5) is 5.01. The van der Waals surface area contributed by atoms with Gasteiger partial charge in [0, 0.05) is 18.2 Å². The molecule has 0 saturated carbocycles. The maximum atomic E-state index is 5.48. The second-order valence-electron chi connectivity index (χ2n) is 5.74. The van der Waals surface area contributed by atoms with Crippen LogP contribution < -0.4 is 5.73 Å². The molecule has 0 atom stereocenters. The van der Waals surface area contributed by atoms with Gasteiger partial charge in [-0.2, -0.15) is 0 Å². The average Bonchev–Trinajstić information content (AvgIpc) is 2.54. The second kappa shape index (κ2) is 8.19. The summed E-state index contributed by atoms with van der Waals surface area (Å²) >= 11 is 0. The quantitative estimate of drug-likeness (QED) is 0.858. The summed E-state index contributed by atoms with van der Waals surface area (Å²) in [6.07, 6.45) is 2.53. The van der Waals surface area contributed by atoms with Crippen molar-refractivity contribution in [3.05, 3.63) is 35.4 Å². The Kier molecular flexibility index (Phi) is 6.25. The SMILES string of the molecule is CCN1CCC(N(C)Cc2ccccc2C#CCN)CC1. The van der Waals surface area contributed by atoms with Crippen molar-refractivity contribution in [2.24, 2.45) is 5.73 Å². The Labute approximate surface area is 129 Å². The van der Waals surface area contributed by atoms with Crippen molar-refractivity contribution < 1.29 is 0 Å². The predicted octanol–water partition coefficient (Wildman–Crippen LogP) is 1.91. The summed E-state index contributed by atoms with van der Waals surface area (Å²) in [6, 6.07) is 9.09. The molecule has 1 fully saturated rings. The van der Waals surface area contributed by atoms with Gasteiger partial charge in [0.25, 0.3) is 0 Å². The highest BCUT2D eigenvalue weighted by atomic mass is 15.2. The highest BCUT2D eigenvalue weighted by Crippen LogP contribution is 2.18. The minimum absolute atomic E-state index is 0.416. The summed E-state index contributed by atoms with van der Waals surface area (Å²) in [7, 11) is 2.24. The lowest BCUT2D eigenvalue weighted by molar-refractivity contribution is 0.127.